The fraction of sp³-hybridized carbons (Fsp3) is 0.231. The van der Waals surface area contributed by atoms with Crippen LogP contribution in [0.4, 0.5) is 0 Å². The Morgan fingerprint density at radius 2 is 1.88 bits per heavy atom. The smallest absolute Gasteiger partial charge is 0.213 e. The van der Waals surface area contributed by atoms with Gasteiger partial charge in [-0.2, -0.15) is 0 Å². The van der Waals surface area contributed by atoms with Crippen molar-refractivity contribution >= 4 is 0 Å². The highest BCUT2D eigenvalue weighted by atomic mass is 16.5. The third-order valence-corrected chi connectivity index (χ3v) is 2.32. The second-order valence-corrected chi connectivity index (χ2v) is 3.67. The number of methoxy groups -OCH3 is 1. The third-order valence-electron chi connectivity index (χ3n) is 2.32. The van der Waals surface area contributed by atoms with E-state index >= 15 is 0 Å². The van der Waals surface area contributed by atoms with Gasteiger partial charge < -0.3 is 9.47 Å². The molecule has 2 heterocycles. The topological polar surface area (TPSA) is 44.2 Å². The first kappa shape index (κ1) is 11.4. The van der Waals surface area contributed by atoms with Gasteiger partial charge in [-0.3, -0.25) is 4.98 Å². The van der Waals surface area contributed by atoms with E-state index in [9.17, 15) is 0 Å². The summed E-state index contributed by atoms with van der Waals surface area (Å²) in [6, 6.07) is 7.39. The van der Waals surface area contributed by atoms with Gasteiger partial charge in [-0.1, -0.05) is 0 Å². The van der Waals surface area contributed by atoms with Gasteiger partial charge in [0.2, 0.25) is 5.88 Å². The van der Waals surface area contributed by atoms with E-state index in [0.29, 0.717) is 11.6 Å². The van der Waals surface area contributed by atoms with Crippen molar-refractivity contribution in [3.63, 3.8) is 0 Å². The molecule has 0 aliphatic carbocycles. The fourth-order valence-electron chi connectivity index (χ4n) is 1.46. The second-order valence-electron chi connectivity index (χ2n) is 3.67. The SMILES string of the molecule is COc1ccc(Oc2ccc(C)nc2C)cn1. The van der Waals surface area contributed by atoms with E-state index in [1.165, 1.54) is 0 Å². The highest BCUT2D eigenvalue weighted by Crippen LogP contribution is 2.24. The Hall–Kier alpha value is -2.10. The van der Waals surface area contributed by atoms with Gasteiger partial charge in [0.25, 0.3) is 0 Å². The molecule has 2 aromatic heterocycles. The van der Waals surface area contributed by atoms with Crippen LogP contribution < -0.4 is 9.47 Å². The van der Waals surface area contributed by atoms with Crippen LogP contribution >= 0.6 is 0 Å². The summed E-state index contributed by atoms with van der Waals surface area (Å²) in [5.41, 5.74) is 1.84. The lowest BCUT2D eigenvalue weighted by atomic mass is 10.3. The van der Waals surface area contributed by atoms with E-state index in [2.05, 4.69) is 9.97 Å². The average Bonchev–Trinajstić information content (AvgIpc) is 2.34. The molecular formula is C13H14N2O2. The minimum Gasteiger partial charge on any atom is -0.481 e. The monoisotopic (exact) mass is 230 g/mol. The number of pyridine rings is 2. The molecule has 4 heteroatoms. The van der Waals surface area contributed by atoms with Crippen LogP contribution in [-0.2, 0) is 0 Å². The van der Waals surface area contributed by atoms with Gasteiger partial charge in [-0.15, -0.1) is 0 Å². The summed E-state index contributed by atoms with van der Waals surface area (Å²) < 4.78 is 10.7. The molecule has 2 rings (SSSR count). The first-order chi connectivity index (χ1) is 8.19. The highest BCUT2D eigenvalue weighted by molar-refractivity contribution is 5.34. The van der Waals surface area contributed by atoms with Crippen molar-refractivity contribution in [2.45, 2.75) is 13.8 Å². The summed E-state index contributed by atoms with van der Waals surface area (Å²) in [4.78, 5) is 8.41. The van der Waals surface area contributed by atoms with Gasteiger partial charge in [-0.25, -0.2) is 4.98 Å². The van der Waals surface area contributed by atoms with Crippen LogP contribution in [0.3, 0.4) is 0 Å². The van der Waals surface area contributed by atoms with Gasteiger partial charge in [0.1, 0.15) is 11.5 Å². The largest absolute Gasteiger partial charge is 0.481 e. The lowest BCUT2D eigenvalue weighted by Gasteiger charge is -2.08. The van der Waals surface area contributed by atoms with Crippen molar-refractivity contribution < 1.29 is 9.47 Å². The summed E-state index contributed by atoms with van der Waals surface area (Å²) in [5.74, 6) is 1.97. The normalized spacial score (nSPS) is 10.1. The minimum absolute atomic E-state index is 0.566. The summed E-state index contributed by atoms with van der Waals surface area (Å²) in [7, 11) is 1.58. The summed E-state index contributed by atoms with van der Waals surface area (Å²) >= 11 is 0. The molecule has 17 heavy (non-hydrogen) atoms. The Balaban J connectivity index is 2.19. The molecule has 0 N–H and O–H groups in total. The molecule has 0 aromatic carbocycles. The van der Waals surface area contributed by atoms with E-state index in [0.717, 1.165) is 17.1 Å². The maximum atomic E-state index is 5.68. The van der Waals surface area contributed by atoms with Crippen molar-refractivity contribution in [3.8, 4) is 17.4 Å². The van der Waals surface area contributed by atoms with Crippen molar-refractivity contribution in [2.75, 3.05) is 7.11 Å². The molecule has 4 nitrogen and oxygen atoms in total. The Labute approximate surface area is 100 Å². The van der Waals surface area contributed by atoms with Crippen LogP contribution in [-0.4, -0.2) is 17.1 Å². The number of aryl methyl sites for hydroxylation is 2. The molecule has 0 atom stereocenters. The predicted molar refractivity (Wildman–Crippen MR) is 64.6 cm³/mol. The molecule has 0 amide bonds. The van der Waals surface area contributed by atoms with Gasteiger partial charge >= 0.3 is 0 Å². The standard InChI is InChI=1S/C13H14N2O2/c1-9-4-6-12(10(2)15-9)17-11-5-7-13(16-3)14-8-11/h4-8H,1-3H3. The molecule has 0 bridgehead atoms. The van der Waals surface area contributed by atoms with Crippen LogP contribution in [0.2, 0.25) is 0 Å². The van der Waals surface area contributed by atoms with Gasteiger partial charge in [0.05, 0.1) is 19.0 Å². The van der Waals surface area contributed by atoms with E-state index in [1.807, 2.05) is 32.0 Å². The Morgan fingerprint density at radius 1 is 1.06 bits per heavy atom. The highest BCUT2D eigenvalue weighted by Gasteiger charge is 2.03. The van der Waals surface area contributed by atoms with Gasteiger partial charge in [0.15, 0.2) is 0 Å². The van der Waals surface area contributed by atoms with Crippen molar-refractivity contribution in [3.05, 3.63) is 41.9 Å². The fourth-order valence-corrected chi connectivity index (χ4v) is 1.46. The first-order valence-electron chi connectivity index (χ1n) is 5.31. The maximum absolute atomic E-state index is 5.68. The number of hydrogen-bond donors (Lipinski definition) is 0. The van der Waals surface area contributed by atoms with Crippen LogP contribution in [0, 0.1) is 13.8 Å². The zero-order valence-corrected chi connectivity index (χ0v) is 10.1. The van der Waals surface area contributed by atoms with E-state index in [4.69, 9.17) is 9.47 Å². The molecule has 0 saturated carbocycles. The summed E-state index contributed by atoms with van der Waals surface area (Å²) in [6.45, 7) is 3.87. The molecule has 0 aliphatic heterocycles. The summed E-state index contributed by atoms with van der Waals surface area (Å²) in [5, 5.41) is 0. The maximum Gasteiger partial charge on any atom is 0.213 e. The Bertz CT molecular complexity index is 509. The predicted octanol–water partition coefficient (Wildman–Crippen LogP) is 2.89. The van der Waals surface area contributed by atoms with Crippen LogP contribution in [0.15, 0.2) is 30.5 Å². The zero-order valence-electron chi connectivity index (χ0n) is 10.1. The Kier molecular flexibility index (Phi) is 3.23. The lowest BCUT2D eigenvalue weighted by Crippen LogP contribution is -1.93. The molecule has 0 aliphatic rings. The van der Waals surface area contributed by atoms with Gasteiger partial charge in [0, 0.05) is 11.8 Å². The van der Waals surface area contributed by atoms with Crippen molar-refractivity contribution in [1.82, 2.24) is 9.97 Å². The number of ether oxygens (including phenoxy) is 2. The Morgan fingerprint density at radius 3 is 2.47 bits per heavy atom. The van der Waals surface area contributed by atoms with Crippen LogP contribution in [0.1, 0.15) is 11.4 Å². The van der Waals surface area contributed by atoms with E-state index in [1.54, 1.807) is 19.4 Å². The minimum atomic E-state index is 0.566. The molecule has 0 unspecified atom stereocenters. The number of aromatic nitrogens is 2. The molecule has 0 radical (unpaired) electrons. The molecule has 0 spiro atoms. The molecule has 0 fully saturated rings. The molecular weight excluding hydrogens is 216 g/mol. The average molecular weight is 230 g/mol. The molecule has 2 aromatic rings. The molecule has 88 valence electrons. The van der Waals surface area contributed by atoms with Crippen LogP contribution in [0.25, 0.3) is 0 Å². The quantitative estimate of drug-likeness (QED) is 0.813. The van der Waals surface area contributed by atoms with E-state index in [-0.39, 0.29) is 0 Å². The first-order valence-corrected chi connectivity index (χ1v) is 5.31. The summed E-state index contributed by atoms with van der Waals surface area (Å²) in [6.07, 6.45) is 1.62. The van der Waals surface area contributed by atoms with Gasteiger partial charge in [-0.05, 0) is 32.0 Å². The number of rotatable bonds is 3. The third kappa shape index (κ3) is 2.72. The number of nitrogens with zero attached hydrogens (tertiary/aromatic N) is 2. The lowest BCUT2D eigenvalue weighted by molar-refractivity contribution is 0.394. The van der Waals surface area contributed by atoms with E-state index < -0.39 is 0 Å². The molecule has 0 saturated heterocycles. The van der Waals surface area contributed by atoms with Crippen molar-refractivity contribution in [1.29, 1.82) is 0 Å². The second kappa shape index (κ2) is 4.82. The van der Waals surface area contributed by atoms with Crippen LogP contribution in [0.5, 0.6) is 17.4 Å². The van der Waals surface area contributed by atoms with Crippen molar-refractivity contribution in [2.24, 2.45) is 0 Å². The number of hydrogen-bond acceptors (Lipinski definition) is 4. The zero-order chi connectivity index (χ0) is 12.3.